The number of nitrogens with two attached hydrogens (primary N) is 1. The number of carbonyl (C=O) groups excluding carboxylic acids is 3. The molecule has 0 radical (unpaired) electrons. The van der Waals surface area contributed by atoms with Gasteiger partial charge in [0.05, 0.1) is 21.2 Å². The molecule has 0 bridgehead atoms. The number of carbonyl (C=O) groups is 3. The predicted octanol–water partition coefficient (Wildman–Crippen LogP) is 1.73. The molecule has 2 rings (SSSR count). The molecular formula is C15H11ClN4O5. The molecule has 0 atom stereocenters. The predicted molar refractivity (Wildman–Crippen MR) is 90.1 cm³/mol. The first-order valence-corrected chi connectivity index (χ1v) is 7.12. The second-order valence-electron chi connectivity index (χ2n) is 4.75. The molecule has 2 aromatic carbocycles. The fraction of sp³-hybridized carbons (Fsp3) is 0. The van der Waals surface area contributed by atoms with Crippen molar-refractivity contribution < 1.29 is 19.3 Å². The highest BCUT2D eigenvalue weighted by Gasteiger charge is 2.21. The average Bonchev–Trinajstić information content (AvgIpc) is 2.56. The molecule has 0 unspecified atom stereocenters. The van der Waals surface area contributed by atoms with Crippen LogP contribution in [0.1, 0.15) is 10.4 Å². The van der Waals surface area contributed by atoms with Crippen molar-refractivity contribution in [2.45, 2.75) is 0 Å². The molecular weight excluding hydrogens is 352 g/mol. The fourth-order valence-corrected chi connectivity index (χ4v) is 2.00. The van der Waals surface area contributed by atoms with Gasteiger partial charge >= 0.3 is 11.8 Å². The quantitative estimate of drug-likeness (QED) is 0.328. The molecule has 25 heavy (non-hydrogen) atoms. The lowest BCUT2D eigenvalue weighted by Gasteiger charge is -2.08. The molecule has 0 aliphatic rings. The second-order valence-corrected chi connectivity index (χ2v) is 5.15. The first kappa shape index (κ1) is 17.9. The zero-order valence-corrected chi connectivity index (χ0v) is 13.2. The Morgan fingerprint density at radius 2 is 1.76 bits per heavy atom. The number of rotatable bonds is 3. The minimum absolute atomic E-state index is 0.00891. The van der Waals surface area contributed by atoms with Crippen LogP contribution in [0.15, 0.2) is 42.5 Å². The number of benzene rings is 2. The highest BCUT2D eigenvalue weighted by atomic mass is 35.5. The van der Waals surface area contributed by atoms with Crippen LogP contribution in [0.25, 0.3) is 0 Å². The maximum Gasteiger partial charge on any atom is 0.316 e. The van der Waals surface area contributed by atoms with Crippen molar-refractivity contribution in [3.63, 3.8) is 0 Å². The molecule has 3 amide bonds. The smallest absolute Gasteiger partial charge is 0.316 e. The van der Waals surface area contributed by atoms with Crippen molar-refractivity contribution in [3.8, 4) is 0 Å². The maximum atomic E-state index is 11.9. The number of hydrogen-bond acceptors (Lipinski definition) is 6. The maximum absolute atomic E-state index is 11.9. The molecule has 0 spiro atoms. The van der Waals surface area contributed by atoms with Gasteiger partial charge in [0, 0.05) is 17.8 Å². The molecule has 0 saturated heterocycles. The number of nitro groups is 1. The number of non-ortho nitro benzene ring substituents is 1. The fourth-order valence-electron chi connectivity index (χ4n) is 1.83. The Labute approximate surface area is 145 Å². The standard InChI is InChI=1S/C15H11ClN4O5/c16-10-6-5-8(20(24)25)7-12(10)18-14(22)15(23)19-13(21)9-3-1-2-4-11(9)17/h1-7H,17H2,(H,18,22)(H,19,21,23). The number of imide groups is 1. The Hall–Kier alpha value is -3.46. The van der Waals surface area contributed by atoms with Gasteiger partial charge in [-0.3, -0.25) is 29.8 Å². The van der Waals surface area contributed by atoms with Crippen molar-refractivity contribution in [3.05, 3.63) is 63.2 Å². The minimum atomic E-state index is -1.27. The van der Waals surface area contributed by atoms with Crippen LogP contribution in [0, 0.1) is 10.1 Å². The number of nitro benzene ring substituents is 1. The van der Waals surface area contributed by atoms with Gasteiger partial charge < -0.3 is 11.1 Å². The first-order chi connectivity index (χ1) is 11.8. The molecule has 10 heteroatoms. The van der Waals surface area contributed by atoms with E-state index < -0.39 is 22.6 Å². The van der Waals surface area contributed by atoms with E-state index in [-0.39, 0.29) is 27.6 Å². The number of nitrogens with zero attached hydrogens (tertiary/aromatic N) is 1. The lowest BCUT2D eigenvalue weighted by molar-refractivity contribution is -0.384. The summed E-state index contributed by atoms with van der Waals surface area (Å²) in [6.45, 7) is 0. The summed E-state index contributed by atoms with van der Waals surface area (Å²) in [5.41, 5.74) is 5.30. The summed E-state index contributed by atoms with van der Waals surface area (Å²) in [5, 5.41) is 14.7. The van der Waals surface area contributed by atoms with Crippen LogP contribution in [-0.2, 0) is 9.59 Å². The van der Waals surface area contributed by atoms with Crippen LogP contribution in [0.5, 0.6) is 0 Å². The van der Waals surface area contributed by atoms with E-state index in [1.54, 1.807) is 12.1 Å². The summed E-state index contributed by atoms with van der Waals surface area (Å²) in [7, 11) is 0. The summed E-state index contributed by atoms with van der Waals surface area (Å²) in [5.74, 6) is -3.34. The highest BCUT2D eigenvalue weighted by molar-refractivity contribution is 6.43. The van der Waals surface area contributed by atoms with Gasteiger partial charge in [0.1, 0.15) is 0 Å². The zero-order valence-electron chi connectivity index (χ0n) is 12.5. The Kier molecular flexibility index (Phi) is 5.30. The largest absolute Gasteiger partial charge is 0.398 e. The van der Waals surface area contributed by atoms with Crippen LogP contribution >= 0.6 is 11.6 Å². The zero-order chi connectivity index (χ0) is 18.6. The number of halogens is 1. The molecule has 0 saturated carbocycles. The topological polar surface area (TPSA) is 144 Å². The van der Waals surface area contributed by atoms with E-state index in [2.05, 4.69) is 5.32 Å². The van der Waals surface area contributed by atoms with E-state index in [1.807, 2.05) is 5.32 Å². The van der Waals surface area contributed by atoms with E-state index >= 15 is 0 Å². The van der Waals surface area contributed by atoms with Gasteiger partial charge in [0.15, 0.2) is 0 Å². The number of nitrogen functional groups attached to an aromatic ring is 1. The van der Waals surface area contributed by atoms with Gasteiger partial charge in [0.25, 0.3) is 11.6 Å². The Balaban J connectivity index is 2.10. The summed E-state index contributed by atoms with van der Waals surface area (Å²) in [6.07, 6.45) is 0. The third kappa shape index (κ3) is 4.30. The Morgan fingerprint density at radius 3 is 2.40 bits per heavy atom. The summed E-state index contributed by atoms with van der Waals surface area (Å²) in [6, 6.07) is 9.31. The second kappa shape index (κ2) is 7.41. The number of amides is 3. The van der Waals surface area contributed by atoms with Crippen LogP contribution in [0.3, 0.4) is 0 Å². The average molecular weight is 363 g/mol. The summed E-state index contributed by atoms with van der Waals surface area (Å²) >= 11 is 5.82. The lowest BCUT2D eigenvalue weighted by Crippen LogP contribution is -2.39. The van der Waals surface area contributed by atoms with Crippen LogP contribution in [-0.4, -0.2) is 22.6 Å². The van der Waals surface area contributed by atoms with Gasteiger partial charge in [-0.1, -0.05) is 23.7 Å². The third-order valence-corrected chi connectivity index (χ3v) is 3.38. The van der Waals surface area contributed by atoms with Crippen molar-refractivity contribution in [1.29, 1.82) is 0 Å². The van der Waals surface area contributed by atoms with Gasteiger partial charge in [-0.15, -0.1) is 0 Å². The van der Waals surface area contributed by atoms with E-state index in [9.17, 15) is 24.5 Å². The molecule has 9 nitrogen and oxygen atoms in total. The monoisotopic (exact) mass is 362 g/mol. The van der Waals surface area contributed by atoms with E-state index in [0.29, 0.717) is 0 Å². The van der Waals surface area contributed by atoms with Gasteiger partial charge in [0.2, 0.25) is 0 Å². The molecule has 0 aliphatic carbocycles. The van der Waals surface area contributed by atoms with Crippen molar-refractivity contribution in [2.75, 3.05) is 11.1 Å². The van der Waals surface area contributed by atoms with Crippen molar-refractivity contribution in [1.82, 2.24) is 5.32 Å². The molecule has 0 aliphatic heterocycles. The number of nitrogens with one attached hydrogen (secondary N) is 2. The lowest BCUT2D eigenvalue weighted by atomic mass is 10.1. The van der Waals surface area contributed by atoms with Gasteiger partial charge in [-0.25, -0.2) is 0 Å². The summed E-state index contributed by atoms with van der Waals surface area (Å²) in [4.78, 5) is 45.7. The minimum Gasteiger partial charge on any atom is -0.398 e. The molecule has 0 fully saturated rings. The first-order valence-electron chi connectivity index (χ1n) is 6.74. The molecule has 2 aromatic rings. The Morgan fingerprint density at radius 1 is 1.08 bits per heavy atom. The van der Waals surface area contributed by atoms with Crippen LogP contribution < -0.4 is 16.4 Å². The number of para-hydroxylation sites is 1. The van der Waals surface area contributed by atoms with E-state index in [0.717, 1.165) is 12.1 Å². The third-order valence-electron chi connectivity index (χ3n) is 3.05. The highest BCUT2D eigenvalue weighted by Crippen LogP contribution is 2.26. The van der Waals surface area contributed by atoms with Crippen molar-refractivity contribution >= 4 is 46.4 Å². The Bertz CT molecular complexity index is 884. The van der Waals surface area contributed by atoms with Crippen LogP contribution in [0.2, 0.25) is 5.02 Å². The number of anilines is 2. The molecule has 0 aromatic heterocycles. The van der Waals surface area contributed by atoms with Gasteiger partial charge in [-0.05, 0) is 18.2 Å². The molecule has 4 N–H and O–H groups in total. The SMILES string of the molecule is Nc1ccccc1C(=O)NC(=O)C(=O)Nc1cc([N+](=O)[O-])ccc1Cl. The molecule has 128 valence electrons. The number of hydrogen-bond donors (Lipinski definition) is 3. The van der Waals surface area contributed by atoms with E-state index in [1.165, 1.54) is 18.2 Å². The van der Waals surface area contributed by atoms with Gasteiger partial charge in [-0.2, -0.15) is 0 Å². The molecule has 0 heterocycles. The van der Waals surface area contributed by atoms with E-state index in [4.69, 9.17) is 17.3 Å². The van der Waals surface area contributed by atoms with Crippen molar-refractivity contribution in [2.24, 2.45) is 0 Å². The summed E-state index contributed by atoms with van der Waals surface area (Å²) < 4.78 is 0. The van der Waals surface area contributed by atoms with Crippen LogP contribution in [0.4, 0.5) is 17.1 Å². The normalized spacial score (nSPS) is 9.96.